The van der Waals surface area contributed by atoms with Crippen LogP contribution < -0.4 is 14.9 Å². The topological polar surface area (TPSA) is 117 Å². The molecule has 6 rings (SSSR count). The van der Waals surface area contributed by atoms with Crippen molar-refractivity contribution in [1.82, 2.24) is 34.8 Å². The molecule has 1 saturated carbocycles. The van der Waals surface area contributed by atoms with E-state index in [0.717, 1.165) is 30.7 Å². The molecule has 38 heavy (non-hydrogen) atoms. The molecule has 2 fully saturated rings. The quantitative estimate of drug-likeness (QED) is 0.351. The molecule has 4 aromatic rings. The van der Waals surface area contributed by atoms with Crippen molar-refractivity contribution in [3.05, 3.63) is 29.4 Å². The molecule has 4 heterocycles. The van der Waals surface area contributed by atoms with Crippen molar-refractivity contribution < 1.29 is 17.2 Å². The molecule has 1 aliphatic heterocycles. The third-order valence-corrected chi connectivity index (χ3v) is 9.81. The molecule has 1 aliphatic carbocycles. The summed E-state index contributed by atoms with van der Waals surface area (Å²) in [5, 5.41) is 15.9. The minimum Gasteiger partial charge on any atom is -0.367 e. The van der Waals surface area contributed by atoms with Crippen LogP contribution in [0.1, 0.15) is 45.0 Å². The normalized spacial score (nSPS) is 19.8. The van der Waals surface area contributed by atoms with E-state index in [2.05, 4.69) is 49.1 Å². The molecule has 1 atom stereocenters. The van der Waals surface area contributed by atoms with Gasteiger partial charge >= 0.3 is 0 Å². The van der Waals surface area contributed by atoms with Crippen molar-refractivity contribution in [2.24, 2.45) is 5.92 Å². The van der Waals surface area contributed by atoms with Gasteiger partial charge in [-0.25, -0.2) is 31.4 Å². The number of halogens is 2. The van der Waals surface area contributed by atoms with E-state index in [1.165, 1.54) is 0 Å². The summed E-state index contributed by atoms with van der Waals surface area (Å²) in [7, 11) is -3.89. The number of aromatic nitrogens is 5. The van der Waals surface area contributed by atoms with Gasteiger partial charge in [-0.2, -0.15) is 5.10 Å². The number of nitrogens with zero attached hydrogens (tertiary/aromatic N) is 6. The van der Waals surface area contributed by atoms with Gasteiger partial charge in [0.05, 0.1) is 22.3 Å². The Morgan fingerprint density at radius 3 is 2.71 bits per heavy atom. The Balaban J connectivity index is 1.63. The van der Waals surface area contributed by atoms with Gasteiger partial charge in [-0.05, 0) is 37.8 Å². The van der Waals surface area contributed by atoms with E-state index in [-0.39, 0.29) is 15.9 Å². The first-order chi connectivity index (χ1) is 18.0. The lowest BCUT2D eigenvalue weighted by atomic mass is 10.0. The highest BCUT2D eigenvalue weighted by molar-refractivity contribution is 7.89. The van der Waals surface area contributed by atoms with Gasteiger partial charge in [0, 0.05) is 42.7 Å². The van der Waals surface area contributed by atoms with E-state index in [1.807, 2.05) is 6.92 Å². The minimum atomic E-state index is -3.89. The molecule has 1 aromatic carbocycles. The molecular formula is C24H28F2N8O2S2. The molecule has 202 valence electrons. The summed E-state index contributed by atoms with van der Waals surface area (Å²) < 4.78 is 58.4. The van der Waals surface area contributed by atoms with Crippen molar-refractivity contribution in [2.75, 3.05) is 24.5 Å². The van der Waals surface area contributed by atoms with Gasteiger partial charge in [0.2, 0.25) is 10.0 Å². The molecule has 1 saturated heterocycles. The smallest absolute Gasteiger partial charge is 0.291 e. The van der Waals surface area contributed by atoms with Crippen molar-refractivity contribution in [1.29, 1.82) is 0 Å². The molecule has 0 radical (unpaired) electrons. The average Bonchev–Trinajstić information content (AvgIpc) is 3.27. The summed E-state index contributed by atoms with van der Waals surface area (Å²) in [6, 6.07) is 5.15. The number of nitrogens with one attached hydrogen (secondary N) is 2. The lowest BCUT2D eigenvalue weighted by Crippen LogP contribution is -2.53. The highest BCUT2D eigenvalue weighted by atomic mass is 32.2. The fraction of sp³-hybridized carbons (Fsp3) is 0.500. The van der Waals surface area contributed by atoms with Crippen LogP contribution in [0.5, 0.6) is 0 Å². The van der Waals surface area contributed by atoms with Crippen molar-refractivity contribution in [2.45, 2.75) is 56.5 Å². The fourth-order valence-corrected chi connectivity index (χ4v) is 7.03. The highest BCUT2D eigenvalue weighted by Gasteiger charge is 2.41. The first-order valence-electron chi connectivity index (χ1n) is 12.5. The van der Waals surface area contributed by atoms with Gasteiger partial charge in [-0.15, -0.1) is 10.2 Å². The third-order valence-electron chi connectivity index (χ3n) is 7.25. The first kappa shape index (κ1) is 25.5. The first-order valence-corrected chi connectivity index (χ1v) is 14.8. The third kappa shape index (κ3) is 4.52. The number of anilines is 1. The molecular weight excluding hydrogens is 534 g/mol. The predicted octanol–water partition coefficient (Wildman–Crippen LogP) is 3.60. The summed E-state index contributed by atoms with van der Waals surface area (Å²) in [6.07, 6.45) is 0.370. The van der Waals surface area contributed by atoms with Gasteiger partial charge in [0.15, 0.2) is 15.7 Å². The zero-order valence-corrected chi connectivity index (χ0v) is 22.8. The summed E-state index contributed by atoms with van der Waals surface area (Å²) in [5.74, 6) is 0.364. The summed E-state index contributed by atoms with van der Waals surface area (Å²) in [5.41, 5.74) is 1.65. The van der Waals surface area contributed by atoms with E-state index in [0.29, 0.717) is 46.9 Å². The number of alkyl halides is 2. The zero-order valence-electron chi connectivity index (χ0n) is 21.1. The highest BCUT2D eigenvalue weighted by Crippen LogP contribution is 2.40. The standard InChI is InChI=1S/C24H28F2N8O2S2/c1-13(2)16-12-33(9-8-27-16)17-11-14(38(35,36)32-24(3)5-6-24)10-15-19(22-30-31-23(37-22)21(25)26)29-18-4-7-28-34(18)20(15)17/h4,7,10-11,13,16,21,27,32H,5-6,8-9,12H2,1-3H3. The lowest BCUT2D eigenvalue weighted by molar-refractivity contribution is 0.150. The molecule has 14 heteroatoms. The number of hydrogen-bond donors (Lipinski definition) is 2. The van der Waals surface area contributed by atoms with Gasteiger partial charge in [0.25, 0.3) is 6.43 Å². The van der Waals surface area contributed by atoms with E-state index in [9.17, 15) is 17.2 Å². The fourth-order valence-electron chi connectivity index (χ4n) is 4.82. The molecule has 3 aromatic heterocycles. The Hall–Kier alpha value is -2.81. The number of fused-ring (bicyclic) bond motifs is 3. The maximum absolute atomic E-state index is 13.6. The van der Waals surface area contributed by atoms with E-state index in [1.54, 1.807) is 28.9 Å². The Bertz CT molecular complexity index is 1630. The summed E-state index contributed by atoms with van der Waals surface area (Å²) >= 11 is 0.746. The molecule has 0 amide bonds. The SMILES string of the molecule is CC(C)C1CN(c2cc(S(=O)(=O)NC3(C)CC3)cc3c(-c4nnc(C(F)F)s4)nc4ccnn4c23)CCN1. The van der Waals surface area contributed by atoms with Gasteiger partial charge < -0.3 is 10.2 Å². The lowest BCUT2D eigenvalue weighted by Gasteiger charge is -2.37. The molecule has 2 aliphatic rings. The van der Waals surface area contributed by atoms with E-state index < -0.39 is 27.0 Å². The maximum Gasteiger partial charge on any atom is 0.291 e. The van der Waals surface area contributed by atoms with Crippen LogP contribution in [0.3, 0.4) is 0 Å². The Morgan fingerprint density at radius 2 is 2.03 bits per heavy atom. The van der Waals surface area contributed by atoms with Crippen LogP contribution in [0.2, 0.25) is 0 Å². The molecule has 1 unspecified atom stereocenters. The van der Waals surface area contributed by atoms with Crippen LogP contribution in [0.25, 0.3) is 27.3 Å². The summed E-state index contributed by atoms with van der Waals surface area (Å²) in [6.45, 7) is 8.21. The van der Waals surface area contributed by atoms with Crippen LogP contribution in [-0.2, 0) is 10.0 Å². The molecule has 0 spiro atoms. The second-order valence-corrected chi connectivity index (χ2v) is 13.3. The van der Waals surface area contributed by atoms with Crippen LogP contribution in [-0.4, -0.2) is 64.4 Å². The number of sulfonamides is 1. The largest absolute Gasteiger partial charge is 0.367 e. The number of benzene rings is 1. The minimum absolute atomic E-state index is 0.0842. The average molecular weight is 563 g/mol. The number of piperazine rings is 1. The second-order valence-electron chi connectivity index (χ2n) is 10.6. The Labute approximate surface area is 222 Å². The van der Waals surface area contributed by atoms with E-state index in [4.69, 9.17) is 0 Å². The second kappa shape index (κ2) is 9.14. The molecule has 2 N–H and O–H groups in total. The Morgan fingerprint density at radius 1 is 1.24 bits per heavy atom. The monoisotopic (exact) mass is 562 g/mol. The van der Waals surface area contributed by atoms with Crippen molar-refractivity contribution in [3.63, 3.8) is 0 Å². The predicted molar refractivity (Wildman–Crippen MR) is 141 cm³/mol. The Kier molecular flexibility index (Phi) is 6.13. The van der Waals surface area contributed by atoms with Gasteiger partial charge in [-0.3, -0.25) is 0 Å². The zero-order chi connectivity index (χ0) is 26.8. The maximum atomic E-state index is 13.6. The number of rotatable bonds is 7. The number of hydrogen-bond acceptors (Lipinski definition) is 9. The van der Waals surface area contributed by atoms with Crippen LogP contribution in [0.4, 0.5) is 14.5 Å². The molecule has 0 bridgehead atoms. The van der Waals surface area contributed by atoms with Crippen molar-refractivity contribution in [3.8, 4) is 10.7 Å². The van der Waals surface area contributed by atoms with Crippen LogP contribution in [0.15, 0.2) is 29.3 Å². The van der Waals surface area contributed by atoms with Crippen LogP contribution >= 0.6 is 11.3 Å². The van der Waals surface area contributed by atoms with Gasteiger partial charge in [-0.1, -0.05) is 25.2 Å². The molecule has 10 nitrogen and oxygen atoms in total. The van der Waals surface area contributed by atoms with Crippen molar-refractivity contribution >= 4 is 43.6 Å². The summed E-state index contributed by atoms with van der Waals surface area (Å²) in [4.78, 5) is 6.91. The van der Waals surface area contributed by atoms with Crippen LogP contribution in [0, 0.1) is 5.92 Å². The van der Waals surface area contributed by atoms with E-state index >= 15 is 0 Å². The van der Waals surface area contributed by atoms with Gasteiger partial charge in [0.1, 0.15) is 5.69 Å².